The number of rotatable bonds is 7. The predicted octanol–water partition coefficient (Wildman–Crippen LogP) is 6.48. The van der Waals surface area contributed by atoms with Gasteiger partial charge in [-0.15, -0.1) is 0 Å². The first-order valence-electron chi connectivity index (χ1n) is 8.32. The van der Waals surface area contributed by atoms with E-state index in [0.717, 1.165) is 6.42 Å². The molecule has 0 aromatic heterocycles. The first-order chi connectivity index (χ1) is 10.9. The largest absolute Gasteiger partial charge is 0.0845 e. The molecule has 0 atom stereocenters. The second-order valence-corrected chi connectivity index (χ2v) is 6.07. The average Bonchev–Trinajstić information content (AvgIpc) is 2.56. The van der Waals surface area contributed by atoms with E-state index in [-0.39, 0.29) is 0 Å². The summed E-state index contributed by atoms with van der Waals surface area (Å²) < 4.78 is 0. The van der Waals surface area contributed by atoms with E-state index in [1.54, 1.807) is 6.08 Å². The van der Waals surface area contributed by atoms with Gasteiger partial charge in [0, 0.05) is 0 Å². The van der Waals surface area contributed by atoms with Crippen LogP contribution in [0.5, 0.6) is 0 Å². The van der Waals surface area contributed by atoms with Crippen LogP contribution in [0.1, 0.15) is 37.7 Å². The van der Waals surface area contributed by atoms with Crippen LogP contribution < -0.4 is 0 Å². The van der Waals surface area contributed by atoms with Crippen LogP contribution in [0.15, 0.2) is 60.7 Å². The number of unbranched alkanes of at least 4 members (excludes halogenated alkanes) is 4. The molecule has 111 valence electrons. The lowest BCUT2D eigenvalue weighted by molar-refractivity contribution is 0.646. The summed E-state index contributed by atoms with van der Waals surface area (Å²) in [4.78, 5) is 0. The van der Waals surface area contributed by atoms with Gasteiger partial charge in [-0.05, 0) is 64.9 Å². The Hall–Kier alpha value is -2.08. The normalized spacial score (nSPS) is 11.1. The van der Waals surface area contributed by atoms with Gasteiger partial charge in [0.1, 0.15) is 0 Å². The molecule has 0 bridgehead atoms. The van der Waals surface area contributed by atoms with Gasteiger partial charge in [-0.2, -0.15) is 0 Å². The molecule has 0 unspecified atom stereocenters. The van der Waals surface area contributed by atoms with E-state index < -0.39 is 0 Å². The van der Waals surface area contributed by atoms with Crippen molar-refractivity contribution in [3.05, 3.63) is 72.8 Å². The molecule has 22 heavy (non-hydrogen) atoms. The molecule has 3 aromatic carbocycles. The lowest BCUT2D eigenvalue weighted by atomic mass is 9.99. The number of benzene rings is 3. The monoisotopic (exact) mass is 287 g/mol. The lowest BCUT2D eigenvalue weighted by Crippen LogP contribution is -1.87. The van der Waals surface area contributed by atoms with Crippen molar-refractivity contribution in [3.63, 3.8) is 0 Å². The van der Waals surface area contributed by atoms with E-state index in [9.17, 15) is 0 Å². The van der Waals surface area contributed by atoms with Gasteiger partial charge in [-0.25, -0.2) is 0 Å². The molecule has 3 aromatic rings. The van der Waals surface area contributed by atoms with Gasteiger partial charge in [-0.1, -0.05) is 68.0 Å². The maximum Gasteiger partial charge on any atom is -0.0175 e. The van der Waals surface area contributed by atoms with Crippen molar-refractivity contribution in [1.82, 2.24) is 0 Å². The summed E-state index contributed by atoms with van der Waals surface area (Å²) in [5.41, 5.74) is 1.45. The third-order valence-electron chi connectivity index (χ3n) is 4.36. The minimum Gasteiger partial charge on any atom is -0.0845 e. The highest BCUT2D eigenvalue weighted by molar-refractivity contribution is 5.98. The van der Waals surface area contributed by atoms with E-state index in [1.807, 2.05) is 0 Å². The molecular formula is C22H23. The van der Waals surface area contributed by atoms with E-state index in [1.165, 1.54) is 59.2 Å². The summed E-state index contributed by atoms with van der Waals surface area (Å²) >= 11 is 0. The maximum atomic E-state index is 5.40. The molecule has 0 heterocycles. The lowest BCUT2D eigenvalue weighted by Gasteiger charge is -2.06. The molecule has 0 aliphatic carbocycles. The minimum absolute atomic E-state index is 1.04. The highest BCUT2D eigenvalue weighted by Crippen LogP contribution is 2.24. The van der Waals surface area contributed by atoms with Gasteiger partial charge in [-0.3, -0.25) is 0 Å². The molecule has 0 nitrogen and oxygen atoms in total. The Bertz CT molecular complexity index is 767. The summed E-state index contributed by atoms with van der Waals surface area (Å²) in [6.07, 6.45) is 9.06. The fourth-order valence-corrected chi connectivity index (χ4v) is 3.09. The fraction of sp³-hybridized carbons (Fsp3) is 0.273. The first-order valence-corrected chi connectivity index (χ1v) is 8.32. The topological polar surface area (TPSA) is 0 Å². The zero-order valence-corrected chi connectivity index (χ0v) is 13.1. The molecule has 3 rings (SSSR count). The summed E-state index contributed by atoms with van der Waals surface area (Å²) in [5, 5.41) is 5.33. The van der Waals surface area contributed by atoms with E-state index in [2.05, 4.69) is 54.6 Å². The zero-order valence-electron chi connectivity index (χ0n) is 13.1. The predicted molar refractivity (Wildman–Crippen MR) is 97.1 cm³/mol. The zero-order chi connectivity index (χ0) is 15.2. The van der Waals surface area contributed by atoms with E-state index in [4.69, 9.17) is 6.58 Å². The molecule has 0 spiro atoms. The molecule has 0 saturated heterocycles. The number of fused-ring (bicyclic) bond motifs is 2. The van der Waals surface area contributed by atoms with Crippen molar-refractivity contribution in [3.8, 4) is 0 Å². The third-order valence-corrected chi connectivity index (χ3v) is 4.36. The van der Waals surface area contributed by atoms with Crippen molar-refractivity contribution in [2.45, 2.75) is 38.5 Å². The van der Waals surface area contributed by atoms with Gasteiger partial charge in [0.2, 0.25) is 0 Å². The standard InChI is InChI=1S/C22H23/c1-2-3-4-5-6-7-10-18-13-14-21-16-19-11-8-9-12-20(19)17-22(21)15-18/h1-2,8-9,11-17H,3-7,10H2. The molecular weight excluding hydrogens is 264 g/mol. The second kappa shape index (κ2) is 7.26. The van der Waals surface area contributed by atoms with Crippen LogP contribution >= 0.6 is 0 Å². The van der Waals surface area contributed by atoms with Gasteiger partial charge < -0.3 is 0 Å². The van der Waals surface area contributed by atoms with Crippen LogP contribution in [0.2, 0.25) is 0 Å². The molecule has 0 saturated carbocycles. The quantitative estimate of drug-likeness (QED) is 0.345. The number of hydrogen-bond donors (Lipinski definition) is 0. The second-order valence-electron chi connectivity index (χ2n) is 6.07. The summed E-state index contributed by atoms with van der Waals surface area (Å²) in [7, 11) is 0. The molecule has 0 fully saturated rings. The molecule has 0 heteroatoms. The number of aryl methyl sites for hydroxylation is 1. The van der Waals surface area contributed by atoms with E-state index in [0.29, 0.717) is 0 Å². The van der Waals surface area contributed by atoms with Gasteiger partial charge >= 0.3 is 0 Å². The highest BCUT2D eigenvalue weighted by atomic mass is 14.0. The minimum atomic E-state index is 1.04. The third kappa shape index (κ3) is 3.57. The first kappa shape index (κ1) is 14.8. The molecule has 1 radical (unpaired) electrons. The smallest absolute Gasteiger partial charge is 0.0175 e. The Kier molecular flexibility index (Phi) is 4.90. The van der Waals surface area contributed by atoms with Crippen LogP contribution in [-0.2, 0) is 6.42 Å². The van der Waals surface area contributed by atoms with Crippen LogP contribution in [0, 0.1) is 6.58 Å². The summed E-state index contributed by atoms with van der Waals surface area (Å²) in [5.74, 6) is 0. The van der Waals surface area contributed by atoms with E-state index >= 15 is 0 Å². The molecule has 0 aliphatic heterocycles. The number of allylic oxidation sites excluding steroid dienone is 1. The summed E-state index contributed by atoms with van der Waals surface area (Å²) in [6.45, 7) is 5.40. The molecule has 0 aliphatic rings. The Balaban J connectivity index is 1.69. The van der Waals surface area contributed by atoms with Gasteiger partial charge in [0.05, 0.1) is 0 Å². The van der Waals surface area contributed by atoms with Crippen LogP contribution in [0.25, 0.3) is 21.5 Å². The van der Waals surface area contributed by atoms with Gasteiger partial charge in [0.25, 0.3) is 0 Å². The van der Waals surface area contributed by atoms with Crippen molar-refractivity contribution in [1.29, 1.82) is 0 Å². The Morgan fingerprint density at radius 3 is 2.14 bits per heavy atom. The Labute approximate surface area is 133 Å². The van der Waals surface area contributed by atoms with Crippen molar-refractivity contribution >= 4 is 21.5 Å². The Morgan fingerprint density at radius 1 is 0.682 bits per heavy atom. The van der Waals surface area contributed by atoms with Crippen molar-refractivity contribution in [2.24, 2.45) is 0 Å². The fourth-order valence-electron chi connectivity index (χ4n) is 3.09. The highest BCUT2D eigenvalue weighted by Gasteiger charge is 2.00. The maximum absolute atomic E-state index is 5.40. The van der Waals surface area contributed by atoms with Crippen LogP contribution in [0.4, 0.5) is 0 Å². The summed E-state index contributed by atoms with van der Waals surface area (Å²) in [6, 6.07) is 20.1. The molecule has 0 N–H and O–H groups in total. The van der Waals surface area contributed by atoms with Crippen LogP contribution in [-0.4, -0.2) is 0 Å². The van der Waals surface area contributed by atoms with Crippen LogP contribution in [0.3, 0.4) is 0 Å². The average molecular weight is 287 g/mol. The van der Waals surface area contributed by atoms with Crippen molar-refractivity contribution < 1.29 is 0 Å². The number of hydrogen-bond acceptors (Lipinski definition) is 0. The SMILES string of the molecule is [CH]=CCCCCCCc1ccc2cc3ccccc3cc2c1. The molecule has 0 amide bonds. The van der Waals surface area contributed by atoms with Crippen molar-refractivity contribution in [2.75, 3.05) is 0 Å². The van der Waals surface area contributed by atoms with Gasteiger partial charge in [0.15, 0.2) is 0 Å². The Morgan fingerprint density at radius 2 is 1.36 bits per heavy atom.